The molecule has 0 bridgehead atoms. The third kappa shape index (κ3) is 3.53. The molecule has 14 heavy (non-hydrogen) atoms. The van der Waals surface area contributed by atoms with Crippen molar-refractivity contribution in [3.05, 3.63) is 29.0 Å². The molecule has 7 heteroatoms. The summed E-state index contributed by atoms with van der Waals surface area (Å²) in [5.74, 6) is -2.53. The summed E-state index contributed by atoms with van der Waals surface area (Å²) in [6, 6.07) is 0. The molecule has 0 aliphatic heterocycles. The molecule has 0 aliphatic carbocycles. The molecule has 0 aromatic rings. The predicted octanol–water partition coefficient (Wildman–Crippen LogP) is 1.79. The molecular weight excluding hydrogens is 217 g/mol. The molecule has 0 aromatic carbocycles. The van der Waals surface area contributed by atoms with Gasteiger partial charge in [-0.05, 0) is 5.18 Å². The van der Waals surface area contributed by atoms with Crippen LogP contribution < -0.4 is 0 Å². The van der Waals surface area contributed by atoms with Gasteiger partial charge in [0.15, 0.2) is 5.76 Å². The van der Waals surface area contributed by atoms with Crippen LogP contribution in [0.3, 0.4) is 0 Å². The first kappa shape index (κ1) is 12.6. The van der Waals surface area contributed by atoms with Crippen LogP contribution in [0, 0.1) is 4.91 Å². The number of hydrogen-bond acceptors (Lipinski definition) is 5. The Hall–Kier alpha value is -1.43. The summed E-state index contributed by atoms with van der Waals surface area (Å²) < 4.78 is 16.6. The third-order valence-electron chi connectivity index (χ3n) is 1.07. The molecule has 0 fully saturated rings. The van der Waals surface area contributed by atoms with Crippen LogP contribution in [0.25, 0.3) is 0 Å². The number of nitrogens with zero attached hydrogens (tertiary/aromatic N) is 1. The zero-order valence-electron chi connectivity index (χ0n) is 6.94. The minimum absolute atomic E-state index is 0.190. The largest absolute Gasteiger partial charge is 0.506 e. The Morgan fingerprint density at radius 3 is 2.71 bits per heavy atom. The molecule has 0 radical (unpaired) electrons. The van der Waals surface area contributed by atoms with Gasteiger partial charge >= 0.3 is 5.97 Å². The lowest BCUT2D eigenvalue weighted by Crippen LogP contribution is -2.11. The van der Waals surface area contributed by atoms with Crippen LogP contribution in [0.2, 0.25) is 0 Å². The van der Waals surface area contributed by atoms with E-state index in [4.69, 9.17) is 16.7 Å². The molecule has 0 amide bonds. The monoisotopic (exact) mass is 223 g/mol. The number of rotatable bonds is 5. The number of nitroso groups, excluding NO2 is 1. The van der Waals surface area contributed by atoms with Gasteiger partial charge in [0, 0.05) is 0 Å². The number of aliphatic hydroxyl groups is 1. The number of halogens is 2. The number of carbonyl (C=O) groups excluding carboxylic acids is 1. The van der Waals surface area contributed by atoms with Gasteiger partial charge in [0.05, 0.1) is 0 Å². The van der Waals surface area contributed by atoms with Gasteiger partial charge in [-0.1, -0.05) is 24.3 Å². The SMILES string of the molecule is C=CCOC(=O)C(N=O)=C(O)C(F)Cl. The second-order valence-electron chi connectivity index (χ2n) is 2.01. The van der Waals surface area contributed by atoms with Gasteiger partial charge in [0.25, 0.3) is 0 Å². The molecule has 1 unspecified atom stereocenters. The van der Waals surface area contributed by atoms with E-state index in [0.717, 1.165) is 0 Å². The van der Waals surface area contributed by atoms with Crippen molar-refractivity contribution in [2.45, 2.75) is 5.63 Å². The molecular formula is C7H7ClFNO4. The number of carbonyl (C=O) groups is 1. The fourth-order valence-corrected chi connectivity index (χ4v) is 0.598. The molecule has 0 saturated heterocycles. The Morgan fingerprint density at radius 1 is 1.79 bits per heavy atom. The van der Waals surface area contributed by atoms with Gasteiger partial charge in [-0.15, -0.1) is 4.91 Å². The molecule has 0 rings (SSSR count). The number of aliphatic hydroxyl groups excluding tert-OH is 1. The van der Waals surface area contributed by atoms with E-state index in [1.807, 2.05) is 0 Å². The summed E-state index contributed by atoms with van der Waals surface area (Å²) in [5, 5.41) is 10.9. The number of alkyl halides is 2. The first-order chi connectivity index (χ1) is 6.54. The van der Waals surface area contributed by atoms with Crippen LogP contribution in [-0.2, 0) is 9.53 Å². The Kier molecular flexibility index (Phi) is 5.47. The Balaban J connectivity index is 4.71. The maximum absolute atomic E-state index is 12.2. The quantitative estimate of drug-likeness (QED) is 0.193. The van der Waals surface area contributed by atoms with Crippen molar-refractivity contribution >= 4 is 17.6 Å². The maximum Gasteiger partial charge on any atom is 0.364 e. The van der Waals surface area contributed by atoms with E-state index in [1.165, 1.54) is 6.08 Å². The minimum atomic E-state index is -2.38. The van der Waals surface area contributed by atoms with E-state index in [-0.39, 0.29) is 6.61 Å². The smallest absolute Gasteiger partial charge is 0.364 e. The van der Waals surface area contributed by atoms with Crippen molar-refractivity contribution in [1.29, 1.82) is 0 Å². The topological polar surface area (TPSA) is 76.0 Å². The highest BCUT2D eigenvalue weighted by Gasteiger charge is 2.22. The van der Waals surface area contributed by atoms with E-state index >= 15 is 0 Å². The standard InChI is InChI=1S/C7H7ClFNO4/c1-2-3-14-7(12)4(10-13)5(11)6(8)9/h2,6,11H,1,3H2. The van der Waals surface area contributed by atoms with Crippen LogP contribution in [-0.4, -0.2) is 23.3 Å². The Labute approximate surface area is 83.8 Å². The van der Waals surface area contributed by atoms with Crippen molar-refractivity contribution in [2.24, 2.45) is 5.18 Å². The molecule has 0 aromatic heterocycles. The molecule has 1 N–H and O–H groups in total. The second-order valence-corrected chi connectivity index (χ2v) is 2.40. The van der Waals surface area contributed by atoms with Crippen LogP contribution in [0.15, 0.2) is 29.3 Å². The van der Waals surface area contributed by atoms with E-state index in [2.05, 4.69) is 16.5 Å². The lowest BCUT2D eigenvalue weighted by Gasteiger charge is -2.02. The maximum atomic E-state index is 12.2. The number of ether oxygens (including phenoxy) is 1. The lowest BCUT2D eigenvalue weighted by atomic mass is 10.4. The summed E-state index contributed by atoms with van der Waals surface area (Å²) in [6.07, 6.45) is 1.23. The summed E-state index contributed by atoms with van der Waals surface area (Å²) >= 11 is 4.78. The van der Waals surface area contributed by atoms with E-state index in [9.17, 15) is 14.1 Å². The molecule has 0 spiro atoms. The molecule has 0 saturated carbocycles. The zero-order chi connectivity index (χ0) is 11.1. The summed E-state index contributed by atoms with van der Waals surface area (Å²) in [7, 11) is 0. The Bertz CT molecular complexity index is 277. The van der Waals surface area contributed by atoms with Crippen molar-refractivity contribution in [2.75, 3.05) is 6.61 Å². The highest BCUT2D eigenvalue weighted by Crippen LogP contribution is 2.15. The summed E-state index contributed by atoms with van der Waals surface area (Å²) in [5.41, 5.74) is -3.46. The third-order valence-corrected chi connectivity index (χ3v) is 1.27. The fourth-order valence-electron chi connectivity index (χ4n) is 0.495. The minimum Gasteiger partial charge on any atom is -0.506 e. The first-order valence-corrected chi connectivity index (χ1v) is 3.80. The normalized spacial score (nSPS) is 13.9. The van der Waals surface area contributed by atoms with Crippen molar-refractivity contribution in [3.63, 3.8) is 0 Å². The van der Waals surface area contributed by atoms with Gasteiger partial charge in [-0.3, -0.25) is 0 Å². The summed E-state index contributed by atoms with van der Waals surface area (Å²) in [6.45, 7) is 3.04. The number of hydrogen-bond donors (Lipinski definition) is 1. The van der Waals surface area contributed by atoms with Crippen molar-refractivity contribution in [1.82, 2.24) is 0 Å². The highest BCUT2D eigenvalue weighted by molar-refractivity contribution is 6.21. The fraction of sp³-hybridized carbons (Fsp3) is 0.286. The van der Waals surface area contributed by atoms with Gasteiger partial charge < -0.3 is 9.84 Å². The lowest BCUT2D eigenvalue weighted by molar-refractivity contribution is -0.138. The average Bonchev–Trinajstić information content (AvgIpc) is 2.15. The van der Waals surface area contributed by atoms with Crippen LogP contribution in [0.5, 0.6) is 0 Å². The van der Waals surface area contributed by atoms with E-state index < -0.39 is 23.1 Å². The van der Waals surface area contributed by atoms with Gasteiger partial charge in [0.2, 0.25) is 11.3 Å². The van der Waals surface area contributed by atoms with Crippen molar-refractivity contribution < 1.29 is 19.0 Å². The number of allylic oxidation sites excluding steroid dienone is 1. The van der Waals surface area contributed by atoms with Crippen LogP contribution >= 0.6 is 11.6 Å². The Morgan fingerprint density at radius 2 is 2.36 bits per heavy atom. The van der Waals surface area contributed by atoms with Gasteiger partial charge in [0.1, 0.15) is 6.61 Å². The molecule has 1 atom stereocenters. The molecule has 0 aliphatic rings. The predicted molar refractivity (Wildman–Crippen MR) is 47.4 cm³/mol. The number of esters is 1. The van der Waals surface area contributed by atoms with Crippen LogP contribution in [0.1, 0.15) is 0 Å². The highest BCUT2D eigenvalue weighted by atomic mass is 35.5. The zero-order valence-corrected chi connectivity index (χ0v) is 7.70. The molecule has 5 nitrogen and oxygen atoms in total. The second kappa shape index (κ2) is 6.09. The van der Waals surface area contributed by atoms with Crippen molar-refractivity contribution in [3.8, 4) is 0 Å². The van der Waals surface area contributed by atoms with E-state index in [0.29, 0.717) is 0 Å². The molecule has 78 valence electrons. The average molecular weight is 224 g/mol. The molecule has 0 heterocycles. The van der Waals surface area contributed by atoms with Gasteiger partial charge in [-0.2, -0.15) is 0 Å². The van der Waals surface area contributed by atoms with Gasteiger partial charge in [-0.25, -0.2) is 9.18 Å². The van der Waals surface area contributed by atoms with E-state index in [1.54, 1.807) is 0 Å². The summed E-state index contributed by atoms with van der Waals surface area (Å²) in [4.78, 5) is 20.9. The first-order valence-electron chi connectivity index (χ1n) is 3.37. The van der Waals surface area contributed by atoms with Crippen LogP contribution in [0.4, 0.5) is 4.39 Å².